The van der Waals surface area contributed by atoms with Crippen LogP contribution in [0.4, 0.5) is 5.69 Å². The second-order valence-electron chi connectivity index (χ2n) is 7.08. The lowest BCUT2D eigenvalue weighted by atomic mass is 10.2. The lowest BCUT2D eigenvalue weighted by Crippen LogP contribution is -2.32. The molecule has 0 unspecified atom stereocenters. The number of imidazole rings is 1. The highest BCUT2D eigenvalue weighted by molar-refractivity contribution is 14.0. The van der Waals surface area contributed by atoms with E-state index in [9.17, 15) is 0 Å². The van der Waals surface area contributed by atoms with Gasteiger partial charge in [0.15, 0.2) is 22.4 Å². The molecule has 0 amide bonds. The number of thiazole rings is 1. The first-order valence-electron chi connectivity index (χ1n) is 10.2. The highest BCUT2D eigenvalue weighted by atomic mass is 127. The lowest BCUT2D eigenvalue weighted by molar-refractivity contribution is 0.297. The van der Waals surface area contributed by atoms with Crippen molar-refractivity contribution in [3.05, 3.63) is 65.8 Å². The summed E-state index contributed by atoms with van der Waals surface area (Å²) < 4.78 is 19.0. The molecule has 32 heavy (non-hydrogen) atoms. The normalized spacial score (nSPS) is 13.4. The zero-order valence-corrected chi connectivity index (χ0v) is 20.5. The van der Waals surface area contributed by atoms with E-state index in [1.54, 1.807) is 17.6 Å². The van der Waals surface area contributed by atoms with Gasteiger partial charge in [-0.3, -0.25) is 4.40 Å². The van der Waals surface area contributed by atoms with E-state index in [4.69, 9.17) is 18.9 Å². The van der Waals surface area contributed by atoms with Crippen LogP contribution >= 0.6 is 35.3 Å². The number of benzene rings is 1. The molecule has 0 saturated carbocycles. The number of ether oxygens (including phenoxy) is 2. The van der Waals surface area contributed by atoms with Gasteiger partial charge in [0, 0.05) is 48.9 Å². The zero-order chi connectivity index (χ0) is 20.9. The third-order valence-electron chi connectivity index (χ3n) is 4.80. The van der Waals surface area contributed by atoms with E-state index in [1.807, 2.05) is 52.5 Å². The number of guanidine groups is 1. The standard InChI is InChI=1S/C22H23N5O3S.HI/c1-3-18(28-9-1)6-7-23-21(24-14-17-15-27-8-12-31-22(27)26-17)25-16-4-5-19-20(13-16)30-11-2-10-29-19;/h1,3-5,8-9,12-13,15H,2,6-7,10-11,14H2,(H2,23,24,25);1H. The first-order valence-corrected chi connectivity index (χ1v) is 11.1. The molecule has 0 spiro atoms. The Labute approximate surface area is 206 Å². The van der Waals surface area contributed by atoms with Crippen LogP contribution in [0, 0.1) is 0 Å². The molecular formula is C22H24IN5O3S. The molecule has 0 aliphatic carbocycles. The molecule has 0 saturated heterocycles. The second-order valence-corrected chi connectivity index (χ2v) is 7.96. The van der Waals surface area contributed by atoms with Gasteiger partial charge in [0.05, 0.1) is 31.7 Å². The molecule has 3 aromatic heterocycles. The van der Waals surface area contributed by atoms with Crippen molar-refractivity contribution in [2.45, 2.75) is 19.4 Å². The fraction of sp³-hybridized carbons (Fsp3) is 0.273. The summed E-state index contributed by atoms with van der Waals surface area (Å²) in [6.07, 6.45) is 7.32. The number of hydrogen-bond acceptors (Lipinski definition) is 6. The van der Waals surface area contributed by atoms with Gasteiger partial charge in [0.2, 0.25) is 0 Å². The lowest BCUT2D eigenvalue weighted by Gasteiger charge is -2.14. The minimum Gasteiger partial charge on any atom is -0.490 e. The van der Waals surface area contributed by atoms with Crippen molar-refractivity contribution in [1.29, 1.82) is 0 Å². The van der Waals surface area contributed by atoms with Crippen molar-refractivity contribution in [2.24, 2.45) is 4.99 Å². The number of furan rings is 1. The number of hydrogen-bond donors (Lipinski definition) is 2. The molecule has 4 heterocycles. The Morgan fingerprint density at radius 3 is 2.94 bits per heavy atom. The van der Waals surface area contributed by atoms with Gasteiger partial charge in [0.1, 0.15) is 5.76 Å². The smallest absolute Gasteiger partial charge is 0.196 e. The quantitative estimate of drug-likeness (QED) is 0.203. The summed E-state index contributed by atoms with van der Waals surface area (Å²) in [6, 6.07) is 9.69. The Balaban J connectivity index is 0.00000245. The summed E-state index contributed by atoms with van der Waals surface area (Å²) in [5.74, 6) is 3.10. The Morgan fingerprint density at radius 1 is 1.19 bits per heavy atom. The summed E-state index contributed by atoms with van der Waals surface area (Å²) in [6.45, 7) is 2.47. The van der Waals surface area contributed by atoms with Crippen LogP contribution in [-0.2, 0) is 13.0 Å². The Morgan fingerprint density at radius 2 is 2.09 bits per heavy atom. The van der Waals surface area contributed by atoms with Crippen molar-refractivity contribution in [2.75, 3.05) is 25.1 Å². The highest BCUT2D eigenvalue weighted by Gasteiger charge is 2.12. The van der Waals surface area contributed by atoms with Gasteiger partial charge in [-0.1, -0.05) is 0 Å². The van der Waals surface area contributed by atoms with Crippen LogP contribution in [0.2, 0.25) is 0 Å². The summed E-state index contributed by atoms with van der Waals surface area (Å²) >= 11 is 1.61. The molecule has 168 valence electrons. The number of aromatic nitrogens is 2. The minimum absolute atomic E-state index is 0. The first-order chi connectivity index (χ1) is 15.3. The van der Waals surface area contributed by atoms with Crippen molar-refractivity contribution in [3.8, 4) is 11.5 Å². The maximum Gasteiger partial charge on any atom is 0.196 e. The fourth-order valence-electron chi connectivity index (χ4n) is 3.29. The molecule has 1 aromatic carbocycles. The van der Waals surface area contributed by atoms with Gasteiger partial charge < -0.3 is 24.5 Å². The van der Waals surface area contributed by atoms with E-state index in [-0.39, 0.29) is 24.0 Å². The summed E-state index contributed by atoms with van der Waals surface area (Å²) in [5.41, 5.74) is 1.79. The average molecular weight is 565 g/mol. The molecule has 2 N–H and O–H groups in total. The molecule has 4 aromatic rings. The largest absolute Gasteiger partial charge is 0.490 e. The van der Waals surface area contributed by atoms with Crippen LogP contribution in [0.25, 0.3) is 4.96 Å². The molecule has 0 radical (unpaired) electrons. The van der Waals surface area contributed by atoms with E-state index in [1.165, 1.54) is 0 Å². The number of anilines is 1. The minimum atomic E-state index is 0. The van der Waals surface area contributed by atoms with Gasteiger partial charge in [-0.25, -0.2) is 9.98 Å². The molecule has 0 bridgehead atoms. The van der Waals surface area contributed by atoms with Crippen molar-refractivity contribution < 1.29 is 13.9 Å². The molecule has 5 rings (SSSR count). The SMILES string of the molecule is I.c1coc(CCNC(=NCc2cn3ccsc3n2)Nc2ccc3c(c2)OCCCO3)c1. The maximum atomic E-state index is 5.81. The van der Waals surface area contributed by atoms with Gasteiger partial charge in [0.25, 0.3) is 0 Å². The molecule has 8 nitrogen and oxygen atoms in total. The number of nitrogens with zero attached hydrogens (tertiary/aromatic N) is 3. The number of rotatable bonds is 6. The molecule has 1 aliphatic rings. The Bertz CT molecular complexity index is 1140. The van der Waals surface area contributed by atoms with Crippen LogP contribution in [0.1, 0.15) is 17.9 Å². The van der Waals surface area contributed by atoms with Crippen LogP contribution in [0.5, 0.6) is 11.5 Å². The summed E-state index contributed by atoms with van der Waals surface area (Å²) in [5, 5.41) is 8.76. The number of aliphatic imine (C=N–C) groups is 1. The monoisotopic (exact) mass is 565 g/mol. The van der Waals surface area contributed by atoms with Crippen LogP contribution in [-0.4, -0.2) is 35.1 Å². The topological polar surface area (TPSA) is 85.3 Å². The van der Waals surface area contributed by atoms with E-state index >= 15 is 0 Å². The van der Waals surface area contributed by atoms with Gasteiger partial charge in [-0.15, -0.1) is 35.3 Å². The maximum absolute atomic E-state index is 5.81. The molecule has 1 aliphatic heterocycles. The Hall–Kier alpha value is -2.73. The van der Waals surface area contributed by atoms with Crippen LogP contribution in [0.15, 0.2) is 63.8 Å². The molecule has 0 fully saturated rings. The molecule has 10 heteroatoms. The molecular weight excluding hydrogens is 541 g/mol. The first kappa shape index (κ1) is 22.5. The van der Waals surface area contributed by atoms with Gasteiger partial charge in [-0.05, 0) is 24.3 Å². The second kappa shape index (κ2) is 10.7. The number of halogens is 1. The Kier molecular flexibility index (Phi) is 7.53. The molecule has 0 atom stereocenters. The van der Waals surface area contributed by atoms with Crippen molar-refractivity contribution in [3.63, 3.8) is 0 Å². The third kappa shape index (κ3) is 5.54. The van der Waals surface area contributed by atoms with Crippen molar-refractivity contribution in [1.82, 2.24) is 14.7 Å². The van der Waals surface area contributed by atoms with E-state index in [0.29, 0.717) is 32.3 Å². The van der Waals surface area contributed by atoms with Crippen LogP contribution < -0.4 is 20.1 Å². The summed E-state index contributed by atoms with van der Waals surface area (Å²) in [4.78, 5) is 10.3. The van der Waals surface area contributed by atoms with E-state index in [0.717, 1.165) is 46.4 Å². The average Bonchev–Trinajstić information content (AvgIpc) is 3.47. The van der Waals surface area contributed by atoms with Gasteiger partial charge in [-0.2, -0.15) is 0 Å². The van der Waals surface area contributed by atoms with E-state index in [2.05, 4.69) is 15.6 Å². The van der Waals surface area contributed by atoms with Crippen molar-refractivity contribution >= 4 is 51.9 Å². The predicted molar refractivity (Wildman–Crippen MR) is 136 cm³/mol. The zero-order valence-electron chi connectivity index (χ0n) is 17.3. The predicted octanol–water partition coefficient (Wildman–Crippen LogP) is 4.57. The fourth-order valence-corrected chi connectivity index (χ4v) is 4.01. The number of fused-ring (bicyclic) bond motifs is 2. The van der Waals surface area contributed by atoms with Gasteiger partial charge >= 0.3 is 0 Å². The van der Waals surface area contributed by atoms with E-state index < -0.39 is 0 Å². The number of nitrogens with one attached hydrogen (secondary N) is 2. The third-order valence-corrected chi connectivity index (χ3v) is 5.57. The highest BCUT2D eigenvalue weighted by Crippen LogP contribution is 2.32. The van der Waals surface area contributed by atoms with Crippen LogP contribution in [0.3, 0.4) is 0 Å². The summed E-state index contributed by atoms with van der Waals surface area (Å²) in [7, 11) is 0.